The molecule has 16 heavy (non-hydrogen) atoms. The smallest absolute Gasteiger partial charge is 0.420 e. The Labute approximate surface area is 87.8 Å². The van der Waals surface area contributed by atoms with Gasteiger partial charge in [-0.3, -0.25) is 4.79 Å². The molecule has 0 fully saturated rings. The summed E-state index contributed by atoms with van der Waals surface area (Å²) in [4.78, 5) is 10.8. The van der Waals surface area contributed by atoms with Gasteiger partial charge in [0.05, 0.1) is 12.7 Å². The van der Waals surface area contributed by atoms with E-state index in [4.69, 9.17) is 5.73 Å². The predicted molar refractivity (Wildman–Crippen MR) is 46.5 cm³/mol. The zero-order valence-corrected chi connectivity index (χ0v) is 8.06. The molecule has 0 spiro atoms. The number of nitrogens with two attached hydrogens (primary N) is 1. The van der Waals surface area contributed by atoms with Crippen LogP contribution in [0.4, 0.5) is 17.6 Å². The second-order valence-corrected chi connectivity index (χ2v) is 2.89. The third kappa shape index (κ3) is 2.23. The van der Waals surface area contributed by atoms with Crippen molar-refractivity contribution in [1.29, 1.82) is 0 Å². The molecule has 1 rings (SSSR count). The standard InChI is InChI=1S/C9H7F4NO2/c1-16-4-2-5(8(14)15)7(6(10)3-4)9(11,12)13/h2-3H,1H3,(H2,14,15). The summed E-state index contributed by atoms with van der Waals surface area (Å²) < 4.78 is 54.9. The molecular formula is C9H7F4NO2. The van der Waals surface area contributed by atoms with Crippen molar-refractivity contribution in [1.82, 2.24) is 0 Å². The van der Waals surface area contributed by atoms with Crippen molar-refractivity contribution < 1.29 is 27.1 Å². The second kappa shape index (κ2) is 3.99. The Morgan fingerprint density at radius 1 is 1.38 bits per heavy atom. The van der Waals surface area contributed by atoms with Crippen LogP contribution in [0.5, 0.6) is 5.75 Å². The minimum Gasteiger partial charge on any atom is -0.497 e. The van der Waals surface area contributed by atoms with Gasteiger partial charge < -0.3 is 10.5 Å². The van der Waals surface area contributed by atoms with Gasteiger partial charge in [-0.2, -0.15) is 13.2 Å². The van der Waals surface area contributed by atoms with E-state index in [-0.39, 0.29) is 5.75 Å². The number of carbonyl (C=O) groups excluding carboxylic acids is 1. The topological polar surface area (TPSA) is 52.3 Å². The highest BCUT2D eigenvalue weighted by Gasteiger charge is 2.38. The Morgan fingerprint density at radius 2 is 1.94 bits per heavy atom. The Kier molecular flexibility index (Phi) is 3.06. The summed E-state index contributed by atoms with van der Waals surface area (Å²) in [6, 6.07) is 1.28. The maximum atomic E-state index is 13.1. The third-order valence-corrected chi connectivity index (χ3v) is 1.85. The highest BCUT2D eigenvalue weighted by Crippen LogP contribution is 2.35. The van der Waals surface area contributed by atoms with Gasteiger partial charge in [0.15, 0.2) is 0 Å². The van der Waals surface area contributed by atoms with E-state index >= 15 is 0 Å². The Hall–Kier alpha value is -1.79. The summed E-state index contributed by atoms with van der Waals surface area (Å²) >= 11 is 0. The fourth-order valence-electron chi connectivity index (χ4n) is 1.18. The number of rotatable bonds is 2. The SMILES string of the molecule is COc1cc(F)c(C(F)(F)F)c(C(N)=O)c1. The fraction of sp³-hybridized carbons (Fsp3) is 0.222. The lowest BCUT2D eigenvalue weighted by molar-refractivity contribution is -0.140. The van der Waals surface area contributed by atoms with Crippen LogP contribution in [0.3, 0.4) is 0 Å². The van der Waals surface area contributed by atoms with E-state index in [1.165, 1.54) is 0 Å². The van der Waals surface area contributed by atoms with Crippen LogP contribution < -0.4 is 10.5 Å². The largest absolute Gasteiger partial charge is 0.497 e. The van der Waals surface area contributed by atoms with Crippen LogP contribution in [-0.4, -0.2) is 13.0 Å². The highest BCUT2D eigenvalue weighted by atomic mass is 19.4. The molecule has 0 bridgehead atoms. The van der Waals surface area contributed by atoms with Crippen molar-refractivity contribution in [2.45, 2.75) is 6.18 Å². The quantitative estimate of drug-likeness (QED) is 0.799. The monoisotopic (exact) mass is 237 g/mol. The fourth-order valence-corrected chi connectivity index (χ4v) is 1.18. The number of hydrogen-bond acceptors (Lipinski definition) is 2. The van der Waals surface area contributed by atoms with Gasteiger partial charge in [-0.25, -0.2) is 4.39 Å². The van der Waals surface area contributed by atoms with Gasteiger partial charge in [0.2, 0.25) is 5.91 Å². The lowest BCUT2D eigenvalue weighted by Gasteiger charge is -2.13. The first kappa shape index (κ1) is 12.3. The highest BCUT2D eigenvalue weighted by molar-refractivity contribution is 5.95. The van der Waals surface area contributed by atoms with E-state index in [0.29, 0.717) is 6.07 Å². The molecule has 0 aromatic heterocycles. The van der Waals surface area contributed by atoms with Gasteiger partial charge >= 0.3 is 6.18 Å². The van der Waals surface area contributed by atoms with Gasteiger partial charge in [-0.1, -0.05) is 0 Å². The van der Waals surface area contributed by atoms with E-state index in [1.54, 1.807) is 0 Å². The molecule has 0 aliphatic carbocycles. The normalized spacial score (nSPS) is 11.3. The zero-order chi connectivity index (χ0) is 12.5. The summed E-state index contributed by atoms with van der Waals surface area (Å²) in [7, 11) is 1.13. The van der Waals surface area contributed by atoms with Crippen molar-refractivity contribution in [3.63, 3.8) is 0 Å². The molecule has 3 nitrogen and oxygen atoms in total. The molecule has 1 aromatic carbocycles. The van der Waals surface area contributed by atoms with Gasteiger partial charge in [0, 0.05) is 6.07 Å². The second-order valence-electron chi connectivity index (χ2n) is 2.89. The summed E-state index contributed by atoms with van der Waals surface area (Å²) in [6.07, 6.45) is -4.99. The van der Waals surface area contributed by atoms with Gasteiger partial charge in [-0.05, 0) is 6.07 Å². The lowest BCUT2D eigenvalue weighted by atomic mass is 10.1. The predicted octanol–water partition coefficient (Wildman–Crippen LogP) is 1.95. The molecule has 0 aliphatic rings. The molecule has 0 atom stereocenters. The molecule has 0 aliphatic heterocycles. The Morgan fingerprint density at radius 3 is 2.31 bits per heavy atom. The first-order valence-electron chi connectivity index (χ1n) is 4.02. The number of primary amides is 1. The number of ether oxygens (including phenoxy) is 1. The third-order valence-electron chi connectivity index (χ3n) is 1.85. The average molecular weight is 237 g/mol. The van der Waals surface area contributed by atoms with Gasteiger partial charge in [0.1, 0.15) is 17.1 Å². The lowest BCUT2D eigenvalue weighted by Crippen LogP contribution is -2.20. The van der Waals surface area contributed by atoms with Crippen LogP contribution in [0, 0.1) is 5.82 Å². The van der Waals surface area contributed by atoms with E-state index < -0.39 is 29.0 Å². The molecular weight excluding hydrogens is 230 g/mol. The van der Waals surface area contributed by atoms with Crippen LogP contribution >= 0.6 is 0 Å². The zero-order valence-electron chi connectivity index (χ0n) is 8.06. The van der Waals surface area contributed by atoms with Crippen molar-refractivity contribution in [2.75, 3.05) is 7.11 Å². The number of methoxy groups -OCH3 is 1. The van der Waals surface area contributed by atoms with Crippen molar-refractivity contribution in [3.05, 3.63) is 29.1 Å². The molecule has 0 unspecified atom stereocenters. The van der Waals surface area contributed by atoms with E-state index in [0.717, 1.165) is 13.2 Å². The molecule has 1 amide bonds. The minimum atomic E-state index is -4.99. The first-order chi connectivity index (χ1) is 7.27. The Balaban J connectivity index is 3.53. The van der Waals surface area contributed by atoms with Crippen LogP contribution in [0.15, 0.2) is 12.1 Å². The molecule has 0 saturated carbocycles. The van der Waals surface area contributed by atoms with Crippen molar-refractivity contribution >= 4 is 5.91 Å². The van der Waals surface area contributed by atoms with Crippen LogP contribution in [0.2, 0.25) is 0 Å². The summed E-state index contributed by atoms with van der Waals surface area (Å²) in [6.45, 7) is 0. The minimum absolute atomic E-state index is 0.209. The summed E-state index contributed by atoms with van der Waals surface area (Å²) in [5.74, 6) is -3.18. The maximum Gasteiger partial charge on any atom is 0.420 e. The van der Waals surface area contributed by atoms with Gasteiger partial charge in [-0.15, -0.1) is 0 Å². The molecule has 0 saturated heterocycles. The van der Waals surface area contributed by atoms with Crippen LogP contribution in [0.1, 0.15) is 15.9 Å². The van der Waals surface area contributed by atoms with E-state index in [9.17, 15) is 22.4 Å². The molecule has 2 N–H and O–H groups in total. The molecule has 7 heteroatoms. The molecule has 1 aromatic rings. The average Bonchev–Trinajstić information content (AvgIpc) is 2.14. The summed E-state index contributed by atoms with van der Waals surface area (Å²) in [5.41, 5.74) is 2.11. The molecule has 0 heterocycles. The molecule has 88 valence electrons. The number of alkyl halides is 3. The number of benzene rings is 1. The maximum absolute atomic E-state index is 13.1. The first-order valence-corrected chi connectivity index (χ1v) is 4.02. The molecule has 0 radical (unpaired) electrons. The van der Waals surface area contributed by atoms with Crippen LogP contribution in [0.25, 0.3) is 0 Å². The number of hydrogen-bond donors (Lipinski definition) is 1. The number of amides is 1. The van der Waals surface area contributed by atoms with Gasteiger partial charge in [0.25, 0.3) is 0 Å². The number of halogens is 4. The van der Waals surface area contributed by atoms with Crippen LogP contribution in [-0.2, 0) is 6.18 Å². The van der Waals surface area contributed by atoms with E-state index in [1.807, 2.05) is 0 Å². The Bertz CT molecular complexity index is 428. The van der Waals surface area contributed by atoms with Crippen molar-refractivity contribution in [3.8, 4) is 5.75 Å². The summed E-state index contributed by atoms with van der Waals surface area (Å²) in [5, 5.41) is 0. The number of carbonyl (C=O) groups is 1. The van der Waals surface area contributed by atoms with E-state index in [2.05, 4.69) is 4.74 Å². The van der Waals surface area contributed by atoms with Crippen molar-refractivity contribution in [2.24, 2.45) is 5.73 Å².